The van der Waals surface area contributed by atoms with Crippen molar-refractivity contribution in [1.82, 2.24) is 0 Å². The average Bonchev–Trinajstić information content (AvgIpc) is 3.23. The smallest absolute Gasteiger partial charge is 0.254 e. The Bertz CT molecular complexity index is 564. The van der Waals surface area contributed by atoms with Gasteiger partial charge in [0, 0.05) is 24.8 Å². The maximum Gasteiger partial charge on any atom is 0.254 e. The fraction of sp³-hybridized carbons (Fsp3) is 0.529. The predicted octanol–water partition coefficient (Wildman–Crippen LogP) is 3.86. The van der Waals surface area contributed by atoms with Crippen LogP contribution < -0.4 is 4.90 Å². The molecule has 20 heavy (non-hydrogen) atoms. The van der Waals surface area contributed by atoms with Gasteiger partial charge in [-0.05, 0) is 49.8 Å². The first kappa shape index (κ1) is 13.4. The summed E-state index contributed by atoms with van der Waals surface area (Å²) >= 11 is 0. The van der Waals surface area contributed by atoms with E-state index >= 15 is 0 Å². The second kappa shape index (κ2) is 5.09. The van der Waals surface area contributed by atoms with Gasteiger partial charge >= 0.3 is 0 Å². The third-order valence-electron chi connectivity index (χ3n) is 4.39. The van der Waals surface area contributed by atoms with E-state index in [-0.39, 0.29) is 0 Å². The van der Waals surface area contributed by atoms with Crippen LogP contribution in [0.4, 0.5) is 14.5 Å². The van der Waals surface area contributed by atoms with Crippen LogP contribution in [-0.2, 0) is 6.42 Å². The highest BCUT2D eigenvalue weighted by molar-refractivity contribution is 5.61. The summed E-state index contributed by atoms with van der Waals surface area (Å²) in [6.45, 7) is 1.05. The summed E-state index contributed by atoms with van der Waals surface area (Å²) in [6.07, 6.45) is 2.04. The first-order valence-corrected chi connectivity index (χ1v) is 7.27. The zero-order valence-electron chi connectivity index (χ0n) is 11.8. The fourth-order valence-corrected chi connectivity index (χ4v) is 2.81. The van der Waals surface area contributed by atoms with E-state index in [1.165, 1.54) is 17.7 Å². The third-order valence-corrected chi connectivity index (χ3v) is 4.39. The van der Waals surface area contributed by atoms with Gasteiger partial charge < -0.3 is 4.90 Å². The van der Waals surface area contributed by atoms with Crippen LogP contribution in [0.3, 0.4) is 0 Å². The number of anilines is 1. The quantitative estimate of drug-likeness (QED) is 0.704. The second-order valence-corrected chi connectivity index (χ2v) is 5.89. The number of nitrogens with zero attached hydrogens (tertiary/aromatic N) is 1. The Labute approximate surface area is 119 Å². The number of benzene rings is 1. The first-order chi connectivity index (χ1) is 9.62. The molecule has 0 atom stereocenters. The van der Waals surface area contributed by atoms with Crippen LogP contribution in [-0.4, -0.2) is 20.0 Å². The Balaban J connectivity index is 1.96. The highest BCUT2D eigenvalue weighted by Crippen LogP contribution is 2.50. The molecule has 1 nitrogen and oxygen atoms in total. The van der Waals surface area contributed by atoms with E-state index in [0.29, 0.717) is 12.8 Å². The van der Waals surface area contributed by atoms with Crippen LogP contribution in [0.25, 0.3) is 0 Å². The molecular weight excluding hydrogens is 256 g/mol. The standard InChI is InChI=1S/C17H19F2N/c1-20-12-3-2-6-14-13(5-4-7-15(14)20)8-9-17(10-11-17)16(18)19/h4-5,7,16H,2-3,6,10-12H2,1H3. The van der Waals surface area contributed by atoms with Gasteiger partial charge in [-0.15, -0.1) is 0 Å². The summed E-state index contributed by atoms with van der Waals surface area (Å²) in [5, 5.41) is 0. The molecule has 0 unspecified atom stereocenters. The minimum Gasteiger partial charge on any atom is -0.374 e. The largest absolute Gasteiger partial charge is 0.374 e. The fourth-order valence-electron chi connectivity index (χ4n) is 2.81. The van der Waals surface area contributed by atoms with E-state index < -0.39 is 11.8 Å². The number of hydrogen-bond donors (Lipinski definition) is 0. The number of rotatable bonds is 1. The zero-order chi connectivity index (χ0) is 14.2. The summed E-state index contributed by atoms with van der Waals surface area (Å²) in [5.74, 6) is 5.90. The molecule has 0 amide bonds. The molecule has 1 fully saturated rings. The lowest BCUT2D eigenvalue weighted by molar-refractivity contribution is 0.0921. The molecule has 1 aliphatic carbocycles. The highest BCUT2D eigenvalue weighted by atomic mass is 19.3. The van der Waals surface area contributed by atoms with E-state index in [1.54, 1.807) is 0 Å². The zero-order valence-corrected chi connectivity index (χ0v) is 11.8. The van der Waals surface area contributed by atoms with Crippen molar-refractivity contribution in [2.45, 2.75) is 38.5 Å². The van der Waals surface area contributed by atoms with Gasteiger partial charge in [-0.25, -0.2) is 8.78 Å². The normalized spacial score (nSPS) is 19.9. The SMILES string of the molecule is CN1CCCCc2c(C#CC3(C(F)F)CC3)cccc21. The van der Waals surface area contributed by atoms with Gasteiger partial charge in [0.05, 0.1) is 5.41 Å². The molecule has 106 valence electrons. The summed E-state index contributed by atoms with van der Waals surface area (Å²) in [5.41, 5.74) is 2.35. The molecule has 0 spiro atoms. The minimum absolute atomic E-state index is 0.534. The molecule has 0 bridgehead atoms. The molecule has 1 aliphatic heterocycles. The van der Waals surface area contributed by atoms with Crippen LogP contribution in [0, 0.1) is 17.3 Å². The number of fused-ring (bicyclic) bond motifs is 1. The molecule has 1 aromatic rings. The van der Waals surface area contributed by atoms with Gasteiger partial charge in [0.2, 0.25) is 0 Å². The van der Waals surface area contributed by atoms with Crippen LogP contribution >= 0.6 is 0 Å². The van der Waals surface area contributed by atoms with E-state index in [2.05, 4.69) is 29.9 Å². The Morgan fingerprint density at radius 3 is 2.75 bits per heavy atom. The molecule has 1 aromatic carbocycles. The van der Waals surface area contributed by atoms with Crippen molar-refractivity contribution in [3.63, 3.8) is 0 Å². The molecule has 0 radical (unpaired) electrons. The Hall–Kier alpha value is -1.56. The third kappa shape index (κ3) is 2.40. The summed E-state index contributed by atoms with van der Waals surface area (Å²) in [7, 11) is 2.09. The van der Waals surface area contributed by atoms with Gasteiger partial charge in [-0.3, -0.25) is 0 Å². The van der Waals surface area contributed by atoms with Crippen molar-refractivity contribution in [2.24, 2.45) is 5.41 Å². The van der Waals surface area contributed by atoms with Crippen LogP contribution in [0.15, 0.2) is 18.2 Å². The molecule has 1 heterocycles. The van der Waals surface area contributed by atoms with Crippen molar-refractivity contribution >= 4 is 5.69 Å². The highest BCUT2D eigenvalue weighted by Gasteiger charge is 2.49. The maximum absolute atomic E-state index is 12.9. The average molecular weight is 275 g/mol. The number of alkyl halides is 2. The monoisotopic (exact) mass is 275 g/mol. The Morgan fingerprint density at radius 2 is 2.05 bits per heavy atom. The Kier molecular flexibility index (Phi) is 3.41. The van der Waals surface area contributed by atoms with E-state index in [0.717, 1.165) is 24.9 Å². The van der Waals surface area contributed by atoms with Gasteiger partial charge in [0.15, 0.2) is 0 Å². The number of halogens is 2. The van der Waals surface area contributed by atoms with Gasteiger partial charge in [-0.2, -0.15) is 0 Å². The van der Waals surface area contributed by atoms with E-state index in [9.17, 15) is 8.78 Å². The lowest BCUT2D eigenvalue weighted by Gasteiger charge is -2.19. The van der Waals surface area contributed by atoms with Crippen molar-refractivity contribution in [3.05, 3.63) is 29.3 Å². The van der Waals surface area contributed by atoms with Crippen LogP contribution in [0.2, 0.25) is 0 Å². The van der Waals surface area contributed by atoms with Gasteiger partial charge in [0.1, 0.15) is 0 Å². The molecule has 0 N–H and O–H groups in total. The summed E-state index contributed by atoms with van der Waals surface area (Å²) < 4.78 is 25.9. The molecule has 0 saturated heterocycles. The molecule has 3 heteroatoms. The van der Waals surface area contributed by atoms with Crippen molar-refractivity contribution < 1.29 is 8.78 Å². The van der Waals surface area contributed by atoms with Crippen molar-refractivity contribution in [1.29, 1.82) is 0 Å². The van der Waals surface area contributed by atoms with Crippen LogP contribution in [0.1, 0.15) is 36.8 Å². The number of hydrogen-bond acceptors (Lipinski definition) is 1. The van der Waals surface area contributed by atoms with Gasteiger partial charge in [-0.1, -0.05) is 17.9 Å². The molecule has 3 rings (SSSR count). The van der Waals surface area contributed by atoms with Crippen LogP contribution in [0.5, 0.6) is 0 Å². The molecule has 1 saturated carbocycles. The predicted molar refractivity (Wildman–Crippen MR) is 77.2 cm³/mol. The Morgan fingerprint density at radius 1 is 1.25 bits per heavy atom. The molecular formula is C17H19F2N. The van der Waals surface area contributed by atoms with E-state index in [1.807, 2.05) is 12.1 Å². The first-order valence-electron chi connectivity index (χ1n) is 7.27. The van der Waals surface area contributed by atoms with Gasteiger partial charge in [0.25, 0.3) is 6.43 Å². The lowest BCUT2D eigenvalue weighted by Crippen LogP contribution is -2.17. The summed E-state index contributed by atoms with van der Waals surface area (Å²) in [6, 6.07) is 6.05. The van der Waals surface area contributed by atoms with E-state index in [4.69, 9.17) is 0 Å². The molecule has 2 aliphatic rings. The topological polar surface area (TPSA) is 3.24 Å². The second-order valence-electron chi connectivity index (χ2n) is 5.89. The van der Waals surface area contributed by atoms with Crippen molar-refractivity contribution in [2.75, 3.05) is 18.5 Å². The lowest BCUT2D eigenvalue weighted by atomic mass is 10.00. The molecule has 0 aromatic heterocycles. The minimum atomic E-state index is -2.32. The maximum atomic E-state index is 12.9. The summed E-state index contributed by atoms with van der Waals surface area (Å²) in [4.78, 5) is 2.24. The van der Waals surface area contributed by atoms with Crippen molar-refractivity contribution in [3.8, 4) is 11.8 Å².